The number of halogens is 3. The minimum atomic E-state index is -4.53. The highest BCUT2D eigenvalue weighted by atomic mass is 19.4. The van der Waals surface area contributed by atoms with E-state index in [1.54, 1.807) is 0 Å². The molecule has 4 fully saturated rings. The third-order valence-electron chi connectivity index (χ3n) is 11.2. The monoisotopic (exact) mass is 470 g/mol. The molecule has 4 rings (SSSR count). The van der Waals surface area contributed by atoms with E-state index in [1.807, 2.05) is 13.8 Å². The van der Waals surface area contributed by atoms with Gasteiger partial charge in [-0.05, 0) is 131 Å². The second-order valence-electron chi connectivity index (χ2n) is 13.4. The summed E-state index contributed by atoms with van der Waals surface area (Å²) < 4.78 is 40.8. The van der Waals surface area contributed by atoms with Gasteiger partial charge in [0.2, 0.25) is 0 Å². The molecule has 0 radical (unpaired) electrons. The van der Waals surface area contributed by atoms with Crippen LogP contribution in [0.1, 0.15) is 98.3 Å². The summed E-state index contributed by atoms with van der Waals surface area (Å²) in [5, 5.41) is 20.7. The van der Waals surface area contributed by atoms with E-state index in [4.69, 9.17) is 0 Å². The number of rotatable bonds is 5. The summed E-state index contributed by atoms with van der Waals surface area (Å²) >= 11 is 0. The first-order valence-electron chi connectivity index (χ1n) is 13.3. The molecule has 190 valence electrons. The molecule has 0 aromatic heterocycles. The molecule has 2 nitrogen and oxygen atoms in total. The van der Waals surface area contributed by atoms with Gasteiger partial charge < -0.3 is 10.2 Å². The van der Waals surface area contributed by atoms with Crippen molar-refractivity contribution >= 4 is 0 Å². The number of allylic oxidation sites excluding steroid dienone is 1. The lowest BCUT2D eigenvalue weighted by atomic mass is 9.43. The largest absolute Gasteiger partial charge is 0.417 e. The van der Waals surface area contributed by atoms with Crippen LogP contribution in [0, 0.1) is 46.3 Å². The molecule has 0 aromatic carbocycles. The number of hydrogen-bond donors (Lipinski definition) is 2. The molecule has 4 aliphatic rings. The normalized spacial score (nSPS) is 46.8. The zero-order chi connectivity index (χ0) is 24.4. The molecule has 9 atom stereocenters. The lowest BCUT2D eigenvalue weighted by molar-refractivity contribution is -0.290. The standard InChI is InChI=1S/C28H45F3O2/c1-6-18(11-13-24(2,3)32)21-9-10-22-20-8-7-19-17-27(33,28(29,30)31)16-15-25(19,4)23(20)12-14-26(21,22)5/h6,18-23,32-33H,1,7-17H2,2-5H3/t18-,19-,20?,21-,22?,23?,25+,26-,27-/m1/s1. The zero-order valence-electron chi connectivity index (χ0n) is 21.1. The topological polar surface area (TPSA) is 40.5 Å². The SMILES string of the molecule is C=C[C@H](CCC(C)(C)O)[C@H]1CCC2C3CC[C@@H]4C[C@@](O)(C(F)(F)F)CC[C@]4(C)C3CC[C@@]21C. The van der Waals surface area contributed by atoms with Crippen LogP contribution in [0.2, 0.25) is 0 Å². The molecule has 0 aliphatic heterocycles. The Morgan fingerprint density at radius 2 is 1.64 bits per heavy atom. The van der Waals surface area contributed by atoms with E-state index in [9.17, 15) is 23.4 Å². The molecule has 0 amide bonds. The first-order valence-corrected chi connectivity index (χ1v) is 13.3. The average Bonchev–Trinajstić information content (AvgIpc) is 3.05. The molecule has 0 aromatic rings. The van der Waals surface area contributed by atoms with Crippen LogP contribution in [0.4, 0.5) is 13.2 Å². The van der Waals surface area contributed by atoms with Crippen molar-refractivity contribution < 1.29 is 23.4 Å². The van der Waals surface area contributed by atoms with E-state index in [0.29, 0.717) is 36.0 Å². The molecule has 4 saturated carbocycles. The van der Waals surface area contributed by atoms with Crippen LogP contribution in [0.3, 0.4) is 0 Å². The van der Waals surface area contributed by atoms with Crippen LogP contribution in [-0.4, -0.2) is 27.6 Å². The van der Waals surface area contributed by atoms with Crippen molar-refractivity contribution in [2.24, 2.45) is 46.3 Å². The van der Waals surface area contributed by atoms with Crippen molar-refractivity contribution in [3.63, 3.8) is 0 Å². The van der Waals surface area contributed by atoms with Gasteiger partial charge in [-0.3, -0.25) is 0 Å². The molecule has 33 heavy (non-hydrogen) atoms. The quantitative estimate of drug-likeness (QED) is 0.414. The Balaban J connectivity index is 1.51. The molecule has 0 saturated heterocycles. The molecular weight excluding hydrogens is 425 g/mol. The summed E-state index contributed by atoms with van der Waals surface area (Å²) in [6, 6.07) is 0. The molecule has 4 aliphatic carbocycles. The Hall–Kier alpha value is -0.550. The van der Waals surface area contributed by atoms with Crippen molar-refractivity contribution in [1.29, 1.82) is 0 Å². The zero-order valence-corrected chi connectivity index (χ0v) is 21.1. The number of alkyl halides is 3. The molecule has 3 unspecified atom stereocenters. The molecule has 0 spiro atoms. The van der Waals surface area contributed by atoms with E-state index in [-0.39, 0.29) is 29.6 Å². The maximum absolute atomic E-state index is 13.6. The smallest absolute Gasteiger partial charge is 0.390 e. The van der Waals surface area contributed by atoms with Crippen LogP contribution in [0.15, 0.2) is 12.7 Å². The van der Waals surface area contributed by atoms with Crippen LogP contribution in [0.5, 0.6) is 0 Å². The van der Waals surface area contributed by atoms with Gasteiger partial charge in [0, 0.05) is 0 Å². The lowest BCUT2D eigenvalue weighted by Gasteiger charge is -2.62. The maximum atomic E-state index is 13.6. The minimum absolute atomic E-state index is 0.0339. The minimum Gasteiger partial charge on any atom is -0.390 e. The maximum Gasteiger partial charge on any atom is 0.417 e. The number of fused-ring (bicyclic) bond motifs is 5. The molecule has 2 N–H and O–H groups in total. The summed E-state index contributed by atoms with van der Waals surface area (Å²) in [5.74, 6) is 2.65. The Kier molecular flexibility index (Phi) is 6.39. The summed E-state index contributed by atoms with van der Waals surface area (Å²) in [5.41, 5.74) is -2.99. The van der Waals surface area contributed by atoms with Crippen LogP contribution >= 0.6 is 0 Å². The summed E-state index contributed by atoms with van der Waals surface area (Å²) in [6.45, 7) is 12.6. The number of aliphatic hydroxyl groups is 2. The third kappa shape index (κ3) is 4.21. The van der Waals surface area contributed by atoms with Gasteiger partial charge in [-0.15, -0.1) is 6.58 Å². The summed E-state index contributed by atoms with van der Waals surface area (Å²) in [6.07, 6.45) is 6.02. The Morgan fingerprint density at radius 1 is 0.970 bits per heavy atom. The van der Waals surface area contributed by atoms with Crippen LogP contribution in [0.25, 0.3) is 0 Å². The van der Waals surface area contributed by atoms with Gasteiger partial charge in [-0.2, -0.15) is 13.2 Å². The second kappa shape index (κ2) is 8.25. The van der Waals surface area contributed by atoms with Crippen molar-refractivity contribution in [1.82, 2.24) is 0 Å². The Labute approximate surface area is 198 Å². The second-order valence-corrected chi connectivity index (χ2v) is 13.4. The highest BCUT2D eigenvalue weighted by Gasteiger charge is 2.65. The first kappa shape index (κ1) is 25.5. The average molecular weight is 471 g/mol. The van der Waals surface area contributed by atoms with Crippen molar-refractivity contribution in [2.45, 2.75) is 116 Å². The van der Waals surface area contributed by atoms with Crippen molar-refractivity contribution in [2.75, 3.05) is 0 Å². The van der Waals surface area contributed by atoms with E-state index in [0.717, 1.165) is 38.5 Å². The van der Waals surface area contributed by atoms with E-state index < -0.39 is 17.4 Å². The van der Waals surface area contributed by atoms with Gasteiger partial charge in [0.15, 0.2) is 5.60 Å². The van der Waals surface area contributed by atoms with E-state index in [2.05, 4.69) is 26.5 Å². The van der Waals surface area contributed by atoms with E-state index >= 15 is 0 Å². The number of hydrogen-bond acceptors (Lipinski definition) is 2. The highest BCUT2D eigenvalue weighted by molar-refractivity contribution is 5.12. The Morgan fingerprint density at radius 3 is 2.24 bits per heavy atom. The van der Waals surface area contributed by atoms with E-state index in [1.165, 1.54) is 12.8 Å². The van der Waals surface area contributed by atoms with Gasteiger partial charge in [0.1, 0.15) is 0 Å². The first-order chi connectivity index (χ1) is 15.1. The fraction of sp³-hybridized carbons (Fsp3) is 0.929. The van der Waals surface area contributed by atoms with Gasteiger partial charge >= 0.3 is 6.18 Å². The van der Waals surface area contributed by atoms with Gasteiger partial charge in [-0.1, -0.05) is 19.9 Å². The van der Waals surface area contributed by atoms with Gasteiger partial charge in [-0.25, -0.2) is 0 Å². The highest BCUT2D eigenvalue weighted by Crippen LogP contribution is 2.69. The fourth-order valence-corrected chi connectivity index (χ4v) is 9.25. The van der Waals surface area contributed by atoms with Gasteiger partial charge in [0.25, 0.3) is 0 Å². The molecule has 0 heterocycles. The molecule has 5 heteroatoms. The third-order valence-corrected chi connectivity index (χ3v) is 11.2. The van der Waals surface area contributed by atoms with Crippen molar-refractivity contribution in [3.8, 4) is 0 Å². The predicted octanol–water partition coefficient (Wildman–Crippen LogP) is 7.29. The lowest BCUT2D eigenvalue weighted by Crippen LogP contribution is -2.59. The molecular formula is C28H45F3O2. The Bertz CT molecular complexity index is 742. The fourth-order valence-electron chi connectivity index (χ4n) is 9.25. The van der Waals surface area contributed by atoms with Gasteiger partial charge in [0.05, 0.1) is 5.60 Å². The summed E-state index contributed by atoms with van der Waals surface area (Å²) in [7, 11) is 0. The summed E-state index contributed by atoms with van der Waals surface area (Å²) in [4.78, 5) is 0. The van der Waals surface area contributed by atoms with Crippen LogP contribution < -0.4 is 0 Å². The van der Waals surface area contributed by atoms with Crippen LogP contribution in [-0.2, 0) is 0 Å². The predicted molar refractivity (Wildman–Crippen MR) is 125 cm³/mol. The molecule has 0 bridgehead atoms. The van der Waals surface area contributed by atoms with Crippen molar-refractivity contribution in [3.05, 3.63) is 12.7 Å².